The summed E-state index contributed by atoms with van der Waals surface area (Å²) in [5.74, 6) is -0.427. The highest BCUT2D eigenvalue weighted by Gasteiger charge is 2.36. The molecule has 1 saturated heterocycles. The van der Waals surface area contributed by atoms with E-state index in [2.05, 4.69) is 4.98 Å². The smallest absolute Gasteiger partial charge is 0.339 e. The fourth-order valence-corrected chi connectivity index (χ4v) is 3.37. The van der Waals surface area contributed by atoms with Crippen molar-refractivity contribution in [2.75, 3.05) is 13.1 Å². The first kappa shape index (κ1) is 19.1. The Kier molecular flexibility index (Phi) is 5.34. The molecule has 1 fully saturated rings. The number of carbonyl (C=O) groups is 1. The van der Waals surface area contributed by atoms with E-state index in [0.717, 1.165) is 6.07 Å². The van der Waals surface area contributed by atoms with Gasteiger partial charge in [-0.3, -0.25) is 14.2 Å². The van der Waals surface area contributed by atoms with Gasteiger partial charge in [0.15, 0.2) is 0 Å². The van der Waals surface area contributed by atoms with Crippen LogP contribution in [0.4, 0.5) is 13.2 Å². The first-order chi connectivity index (χ1) is 12.8. The summed E-state index contributed by atoms with van der Waals surface area (Å²) in [6.07, 6.45) is -0.310. The largest absolute Gasteiger partial charge is 0.417 e. The Labute approximate surface area is 154 Å². The van der Waals surface area contributed by atoms with Crippen LogP contribution in [0.25, 0.3) is 0 Å². The van der Waals surface area contributed by atoms with Gasteiger partial charge in [0.05, 0.1) is 17.5 Å². The van der Waals surface area contributed by atoms with Crippen molar-refractivity contribution in [3.8, 4) is 0 Å². The number of aryl methyl sites for hydroxylation is 1. The Balaban J connectivity index is 1.67. The highest BCUT2D eigenvalue weighted by atomic mass is 19.4. The van der Waals surface area contributed by atoms with E-state index in [1.807, 2.05) is 0 Å². The maximum absolute atomic E-state index is 13.1. The minimum Gasteiger partial charge on any atom is -0.339 e. The van der Waals surface area contributed by atoms with E-state index >= 15 is 0 Å². The molecule has 1 amide bonds. The Morgan fingerprint density at radius 1 is 1.22 bits per heavy atom. The van der Waals surface area contributed by atoms with Crippen molar-refractivity contribution in [1.82, 2.24) is 14.5 Å². The molecule has 144 valence electrons. The summed E-state index contributed by atoms with van der Waals surface area (Å²) in [5, 5.41) is 0. The molecule has 0 atom stereocenters. The molecule has 0 saturated carbocycles. The van der Waals surface area contributed by atoms with Gasteiger partial charge in [-0.1, -0.05) is 12.1 Å². The van der Waals surface area contributed by atoms with Crippen molar-refractivity contribution in [2.24, 2.45) is 5.92 Å². The van der Waals surface area contributed by atoms with Gasteiger partial charge in [-0.05, 0) is 37.8 Å². The van der Waals surface area contributed by atoms with Crippen molar-refractivity contribution < 1.29 is 18.0 Å². The molecule has 3 rings (SSSR count). The lowest BCUT2D eigenvalue weighted by Crippen LogP contribution is -2.40. The maximum atomic E-state index is 13.1. The summed E-state index contributed by atoms with van der Waals surface area (Å²) in [4.78, 5) is 30.1. The monoisotopic (exact) mass is 379 g/mol. The summed E-state index contributed by atoms with van der Waals surface area (Å²) in [6.45, 7) is 2.92. The summed E-state index contributed by atoms with van der Waals surface area (Å²) >= 11 is 0. The van der Waals surface area contributed by atoms with Crippen LogP contribution in [0.3, 0.4) is 0 Å². The van der Waals surface area contributed by atoms with Crippen molar-refractivity contribution in [3.63, 3.8) is 0 Å². The average Bonchev–Trinajstić information content (AvgIpc) is 2.65. The first-order valence-electron chi connectivity index (χ1n) is 8.74. The number of likely N-dealkylation sites (tertiary alicyclic amines) is 1. The van der Waals surface area contributed by atoms with E-state index in [1.165, 1.54) is 35.6 Å². The number of rotatable bonds is 3. The Bertz CT molecular complexity index is 884. The third kappa shape index (κ3) is 4.20. The number of benzene rings is 1. The first-order valence-corrected chi connectivity index (χ1v) is 8.74. The molecule has 2 heterocycles. The third-order valence-electron chi connectivity index (χ3n) is 4.89. The minimum atomic E-state index is -4.57. The van der Waals surface area contributed by atoms with Crippen molar-refractivity contribution >= 4 is 5.91 Å². The van der Waals surface area contributed by atoms with Crippen LogP contribution in [0.5, 0.6) is 0 Å². The second kappa shape index (κ2) is 7.54. The average molecular weight is 379 g/mol. The summed E-state index contributed by atoms with van der Waals surface area (Å²) in [5.41, 5.74) is -0.756. The highest BCUT2D eigenvalue weighted by molar-refractivity contribution is 5.96. The van der Waals surface area contributed by atoms with Crippen LogP contribution in [0.15, 0.2) is 41.6 Å². The SMILES string of the molecule is Cc1cncn(CC2CCN(C(=O)c3ccccc3C(F)(F)F)CC2)c1=O. The maximum Gasteiger partial charge on any atom is 0.417 e. The number of amides is 1. The molecule has 0 spiro atoms. The summed E-state index contributed by atoms with van der Waals surface area (Å²) < 4.78 is 41.0. The molecule has 1 aromatic heterocycles. The zero-order valence-corrected chi connectivity index (χ0v) is 14.9. The molecular weight excluding hydrogens is 359 g/mol. The molecule has 2 aromatic rings. The van der Waals surface area contributed by atoms with Gasteiger partial charge in [-0.15, -0.1) is 0 Å². The molecule has 0 bridgehead atoms. The van der Waals surface area contributed by atoms with Gasteiger partial charge < -0.3 is 4.90 Å². The van der Waals surface area contributed by atoms with E-state index in [-0.39, 0.29) is 17.0 Å². The third-order valence-corrected chi connectivity index (χ3v) is 4.89. The predicted molar refractivity (Wildman–Crippen MR) is 93.3 cm³/mol. The van der Waals surface area contributed by atoms with Crippen LogP contribution in [0, 0.1) is 12.8 Å². The molecule has 0 N–H and O–H groups in total. The van der Waals surface area contributed by atoms with Crippen molar-refractivity contribution in [1.29, 1.82) is 0 Å². The molecule has 1 aliphatic heterocycles. The van der Waals surface area contributed by atoms with Gasteiger partial charge in [0.2, 0.25) is 0 Å². The molecule has 0 radical (unpaired) electrons. The number of aromatic nitrogens is 2. The van der Waals surface area contributed by atoms with Crippen LogP contribution < -0.4 is 5.56 Å². The molecule has 27 heavy (non-hydrogen) atoms. The molecule has 0 unspecified atom stereocenters. The lowest BCUT2D eigenvalue weighted by molar-refractivity contribution is -0.138. The van der Waals surface area contributed by atoms with Crippen LogP contribution in [0.2, 0.25) is 0 Å². The number of alkyl halides is 3. The van der Waals surface area contributed by atoms with E-state index in [1.54, 1.807) is 11.5 Å². The van der Waals surface area contributed by atoms with Crippen molar-refractivity contribution in [3.05, 3.63) is 63.8 Å². The predicted octanol–water partition coefficient (Wildman–Crippen LogP) is 3.12. The van der Waals surface area contributed by atoms with E-state index in [4.69, 9.17) is 0 Å². The summed E-state index contributed by atoms with van der Waals surface area (Å²) in [7, 11) is 0. The number of carbonyl (C=O) groups excluding carboxylic acids is 1. The van der Waals surface area contributed by atoms with Gasteiger partial charge in [0, 0.05) is 31.4 Å². The minimum absolute atomic E-state index is 0.0948. The van der Waals surface area contributed by atoms with Gasteiger partial charge in [-0.2, -0.15) is 13.2 Å². The lowest BCUT2D eigenvalue weighted by atomic mass is 9.95. The van der Waals surface area contributed by atoms with Gasteiger partial charge >= 0.3 is 6.18 Å². The van der Waals surface area contributed by atoms with E-state index in [0.29, 0.717) is 38.0 Å². The number of piperidine rings is 1. The second-order valence-electron chi connectivity index (χ2n) is 6.81. The Morgan fingerprint density at radius 3 is 2.56 bits per heavy atom. The van der Waals surface area contributed by atoms with Gasteiger partial charge in [0.25, 0.3) is 11.5 Å². The number of nitrogens with zero attached hydrogens (tertiary/aromatic N) is 3. The quantitative estimate of drug-likeness (QED) is 0.823. The fraction of sp³-hybridized carbons (Fsp3) is 0.421. The molecule has 1 aromatic carbocycles. The number of halogens is 3. The zero-order chi connectivity index (χ0) is 19.6. The molecular formula is C19H20F3N3O2. The molecule has 1 aliphatic rings. The highest BCUT2D eigenvalue weighted by Crippen LogP contribution is 2.33. The van der Waals surface area contributed by atoms with Crippen LogP contribution in [-0.4, -0.2) is 33.4 Å². The van der Waals surface area contributed by atoms with Crippen LogP contribution >= 0.6 is 0 Å². The van der Waals surface area contributed by atoms with Crippen LogP contribution in [0.1, 0.15) is 34.3 Å². The lowest BCUT2D eigenvalue weighted by Gasteiger charge is -2.32. The topological polar surface area (TPSA) is 55.2 Å². The fourth-order valence-electron chi connectivity index (χ4n) is 3.37. The zero-order valence-electron chi connectivity index (χ0n) is 14.9. The second-order valence-corrected chi connectivity index (χ2v) is 6.81. The number of hydrogen-bond acceptors (Lipinski definition) is 3. The van der Waals surface area contributed by atoms with E-state index < -0.39 is 17.6 Å². The molecule has 8 heteroatoms. The standard InChI is InChI=1S/C19H20F3N3O2/c1-13-10-23-12-25(17(13)26)11-14-6-8-24(9-7-14)18(27)15-4-2-3-5-16(15)19(20,21)22/h2-5,10,12,14H,6-9,11H2,1H3. The van der Waals surface area contributed by atoms with Gasteiger partial charge in [-0.25, -0.2) is 4.98 Å². The molecule has 5 nitrogen and oxygen atoms in total. The Morgan fingerprint density at radius 2 is 1.89 bits per heavy atom. The van der Waals surface area contributed by atoms with Crippen LogP contribution in [-0.2, 0) is 12.7 Å². The Hall–Kier alpha value is -2.64. The summed E-state index contributed by atoms with van der Waals surface area (Å²) in [6, 6.07) is 4.86. The van der Waals surface area contributed by atoms with Crippen molar-refractivity contribution in [2.45, 2.75) is 32.5 Å². The molecule has 0 aliphatic carbocycles. The van der Waals surface area contributed by atoms with Gasteiger partial charge in [0.1, 0.15) is 0 Å². The normalized spacial score (nSPS) is 15.8. The number of hydrogen-bond donors (Lipinski definition) is 0. The van der Waals surface area contributed by atoms with E-state index in [9.17, 15) is 22.8 Å².